The highest BCUT2D eigenvalue weighted by atomic mass is 32.2. The summed E-state index contributed by atoms with van der Waals surface area (Å²) in [6, 6.07) is 0. The fraction of sp³-hybridized carbons (Fsp3) is 0.900. The van der Waals surface area contributed by atoms with Gasteiger partial charge < -0.3 is 5.32 Å². The minimum atomic E-state index is -2.99. The maximum Gasteiger partial charge on any atom is 0.147 e. The number of hydrogen-bond donors (Lipinski definition) is 1. The average molecular weight is 233 g/mol. The molecule has 0 radical (unpaired) electrons. The fourth-order valence-corrected chi connectivity index (χ4v) is 2.35. The molecule has 88 valence electrons. The molecule has 0 aliphatic carbocycles. The summed E-state index contributed by atoms with van der Waals surface area (Å²) in [7, 11) is -2.99. The second kappa shape index (κ2) is 5.61. The van der Waals surface area contributed by atoms with Crippen molar-refractivity contribution in [1.82, 2.24) is 5.32 Å². The zero-order valence-corrected chi connectivity index (χ0v) is 9.98. The van der Waals surface area contributed by atoms with Crippen LogP contribution in [-0.4, -0.2) is 39.3 Å². The van der Waals surface area contributed by atoms with Gasteiger partial charge in [0, 0.05) is 19.1 Å². The van der Waals surface area contributed by atoms with Crippen molar-refractivity contribution in [2.45, 2.75) is 25.7 Å². The normalized spacial score (nSPS) is 21.8. The van der Waals surface area contributed by atoms with Crippen LogP contribution in [0.15, 0.2) is 0 Å². The fourth-order valence-electron chi connectivity index (χ4n) is 1.75. The average Bonchev–Trinajstić information content (AvgIpc) is 2.62. The number of carbonyl (C=O) groups is 1. The van der Waals surface area contributed by atoms with Gasteiger partial charge in [-0.1, -0.05) is 0 Å². The molecule has 0 aromatic rings. The Morgan fingerprint density at radius 1 is 1.40 bits per heavy atom. The van der Waals surface area contributed by atoms with Crippen molar-refractivity contribution in [1.29, 1.82) is 0 Å². The van der Waals surface area contributed by atoms with Gasteiger partial charge in [0.2, 0.25) is 0 Å². The highest BCUT2D eigenvalue weighted by molar-refractivity contribution is 7.90. The maximum atomic E-state index is 11.4. The van der Waals surface area contributed by atoms with Gasteiger partial charge >= 0.3 is 0 Å². The van der Waals surface area contributed by atoms with E-state index in [0.29, 0.717) is 12.3 Å². The van der Waals surface area contributed by atoms with E-state index in [1.54, 1.807) is 0 Å². The van der Waals surface area contributed by atoms with Gasteiger partial charge in [-0.3, -0.25) is 4.79 Å². The molecule has 4 nitrogen and oxygen atoms in total. The second-order valence-corrected chi connectivity index (χ2v) is 6.58. The number of ketones is 1. The summed E-state index contributed by atoms with van der Waals surface area (Å²) >= 11 is 0. The van der Waals surface area contributed by atoms with E-state index in [9.17, 15) is 13.2 Å². The molecule has 15 heavy (non-hydrogen) atoms. The lowest BCUT2D eigenvalue weighted by atomic mass is 10.0. The molecule has 0 spiro atoms. The Bertz CT molecular complexity index is 305. The van der Waals surface area contributed by atoms with E-state index in [1.165, 1.54) is 6.26 Å². The SMILES string of the molecule is CS(=O)(=O)CCC(=O)CCC1CCNC1. The third kappa shape index (κ3) is 5.89. The van der Waals surface area contributed by atoms with Gasteiger partial charge in [0.15, 0.2) is 0 Å². The van der Waals surface area contributed by atoms with Crippen LogP contribution in [0.25, 0.3) is 0 Å². The van der Waals surface area contributed by atoms with Crippen LogP contribution in [0.1, 0.15) is 25.7 Å². The number of Topliss-reactive ketones (excluding diaryl/α,β-unsaturated/α-hetero) is 1. The van der Waals surface area contributed by atoms with Crippen LogP contribution in [0, 0.1) is 5.92 Å². The predicted molar refractivity (Wildman–Crippen MR) is 59.5 cm³/mol. The third-order valence-electron chi connectivity index (χ3n) is 2.75. The number of nitrogens with one attached hydrogen (secondary N) is 1. The number of sulfone groups is 1. The van der Waals surface area contributed by atoms with Crippen LogP contribution >= 0.6 is 0 Å². The third-order valence-corrected chi connectivity index (χ3v) is 3.69. The van der Waals surface area contributed by atoms with E-state index in [4.69, 9.17) is 0 Å². The topological polar surface area (TPSA) is 63.2 Å². The lowest BCUT2D eigenvalue weighted by Crippen LogP contribution is -2.12. The monoisotopic (exact) mass is 233 g/mol. The van der Waals surface area contributed by atoms with Crippen molar-refractivity contribution in [3.05, 3.63) is 0 Å². The van der Waals surface area contributed by atoms with Gasteiger partial charge in [0.05, 0.1) is 5.75 Å². The standard InChI is InChI=1S/C10H19NO3S/c1-15(13,14)7-5-10(12)3-2-9-4-6-11-8-9/h9,11H,2-8H2,1H3. The van der Waals surface area contributed by atoms with Gasteiger partial charge in [-0.25, -0.2) is 8.42 Å². The van der Waals surface area contributed by atoms with Crippen molar-refractivity contribution >= 4 is 15.6 Å². The molecule has 0 aromatic heterocycles. The van der Waals surface area contributed by atoms with Gasteiger partial charge in [-0.15, -0.1) is 0 Å². The molecule has 0 saturated carbocycles. The molecule has 1 saturated heterocycles. The highest BCUT2D eigenvalue weighted by Gasteiger charge is 2.16. The van der Waals surface area contributed by atoms with Crippen LogP contribution in [0.3, 0.4) is 0 Å². The summed E-state index contributed by atoms with van der Waals surface area (Å²) in [5.41, 5.74) is 0. The van der Waals surface area contributed by atoms with E-state index in [1.807, 2.05) is 0 Å². The molecule has 0 amide bonds. The first-order chi connectivity index (χ1) is 6.97. The van der Waals surface area contributed by atoms with Crippen molar-refractivity contribution in [2.75, 3.05) is 25.1 Å². The molecule has 1 heterocycles. The summed E-state index contributed by atoms with van der Waals surface area (Å²) < 4.78 is 21.7. The predicted octanol–water partition coefficient (Wildman–Crippen LogP) is 0.380. The Morgan fingerprint density at radius 2 is 2.13 bits per heavy atom. The molecule has 0 aromatic carbocycles. The molecule has 1 N–H and O–H groups in total. The zero-order valence-electron chi connectivity index (χ0n) is 9.16. The van der Waals surface area contributed by atoms with Gasteiger partial charge in [0.1, 0.15) is 15.6 Å². The van der Waals surface area contributed by atoms with Gasteiger partial charge in [-0.05, 0) is 31.8 Å². The van der Waals surface area contributed by atoms with Crippen LogP contribution in [0.2, 0.25) is 0 Å². The van der Waals surface area contributed by atoms with Crippen LogP contribution in [0.5, 0.6) is 0 Å². The van der Waals surface area contributed by atoms with Crippen LogP contribution in [-0.2, 0) is 14.6 Å². The molecule has 1 atom stereocenters. The number of rotatable bonds is 6. The summed E-state index contributed by atoms with van der Waals surface area (Å²) in [5, 5.41) is 3.25. The van der Waals surface area contributed by atoms with Gasteiger partial charge in [-0.2, -0.15) is 0 Å². The first kappa shape index (κ1) is 12.6. The second-order valence-electron chi connectivity index (χ2n) is 4.32. The highest BCUT2D eigenvalue weighted by Crippen LogP contribution is 2.14. The molecule has 1 rings (SSSR count). The molecular weight excluding hydrogens is 214 g/mol. The number of hydrogen-bond acceptors (Lipinski definition) is 4. The zero-order chi connectivity index (χ0) is 11.3. The van der Waals surface area contributed by atoms with Gasteiger partial charge in [0.25, 0.3) is 0 Å². The van der Waals surface area contributed by atoms with Crippen LogP contribution < -0.4 is 5.32 Å². The quantitative estimate of drug-likeness (QED) is 0.720. The molecule has 1 aliphatic heterocycles. The summed E-state index contributed by atoms with van der Waals surface area (Å²) in [6.07, 6.45) is 3.91. The Hall–Kier alpha value is -0.420. The lowest BCUT2D eigenvalue weighted by Gasteiger charge is -2.06. The van der Waals surface area contributed by atoms with Crippen LogP contribution in [0.4, 0.5) is 0 Å². The first-order valence-corrected chi connectivity index (χ1v) is 7.43. The molecule has 0 bridgehead atoms. The largest absolute Gasteiger partial charge is 0.316 e. The molecule has 1 aliphatic rings. The Balaban J connectivity index is 2.13. The molecule has 1 fully saturated rings. The van der Waals surface area contributed by atoms with Crippen molar-refractivity contribution in [3.63, 3.8) is 0 Å². The van der Waals surface area contributed by atoms with E-state index < -0.39 is 9.84 Å². The minimum absolute atomic E-state index is 0.00521. The molecule has 1 unspecified atom stereocenters. The minimum Gasteiger partial charge on any atom is -0.316 e. The summed E-state index contributed by atoms with van der Waals surface area (Å²) in [6.45, 7) is 2.04. The van der Waals surface area contributed by atoms with E-state index in [-0.39, 0.29) is 18.0 Å². The van der Waals surface area contributed by atoms with Crippen molar-refractivity contribution in [2.24, 2.45) is 5.92 Å². The Labute approximate surface area is 91.4 Å². The van der Waals surface area contributed by atoms with E-state index in [0.717, 1.165) is 25.9 Å². The lowest BCUT2D eigenvalue weighted by molar-refractivity contribution is -0.118. The van der Waals surface area contributed by atoms with E-state index in [2.05, 4.69) is 5.32 Å². The summed E-state index contributed by atoms with van der Waals surface area (Å²) in [5.74, 6) is 0.675. The first-order valence-electron chi connectivity index (χ1n) is 5.37. The summed E-state index contributed by atoms with van der Waals surface area (Å²) in [4.78, 5) is 11.4. The Kier molecular flexibility index (Phi) is 4.73. The number of carbonyl (C=O) groups excluding carboxylic acids is 1. The molecular formula is C10H19NO3S. The van der Waals surface area contributed by atoms with Crippen molar-refractivity contribution in [3.8, 4) is 0 Å². The smallest absolute Gasteiger partial charge is 0.147 e. The van der Waals surface area contributed by atoms with E-state index >= 15 is 0 Å². The Morgan fingerprint density at radius 3 is 2.67 bits per heavy atom. The maximum absolute atomic E-state index is 11.4. The molecule has 5 heteroatoms. The van der Waals surface area contributed by atoms with Crippen molar-refractivity contribution < 1.29 is 13.2 Å².